The first-order chi connectivity index (χ1) is 7.72. The number of nitrogens with zero attached hydrogens (tertiary/aromatic N) is 1. The van der Waals surface area contributed by atoms with Gasteiger partial charge in [-0.15, -0.1) is 0 Å². The first kappa shape index (κ1) is 11.2. The van der Waals surface area contributed by atoms with Crippen molar-refractivity contribution in [3.05, 3.63) is 35.4 Å². The van der Waals surface area contributed by atoms with Crippen LogP contribution in [0.1, 0.15) is 36.4 Å². The first-order valence-corrected chi connectivity index (χ1v) is 5.87. The fraction of sp³-hybridized carbons (Fsp3) is 0.500. The summed E-state index contributed by atoms with van der Waals surface area (Å²) in [5.74, 6) is 0. The maximum Gasteiger partial charge on any atom is 0.0768 e. The van der Waals surface area contributed by atoms with Crippen LogP contribution in [0.15, 0.2) is 24.3 Å². The highest BCUT2D eigenvalue weighted by atomic mass is 14.9. The van der Waals surface area contributed by atoms with Crippen LogP contribution >= 0.6 is 0 Å². The molecule has 16 heavy (non-hydrogen) atoms. The van der Waals surface area contributed by atoms with E-state index in [-0.39, 0.29) is 11.5 Å². The molecule has 2 rings (SSSR count). The number of aryl methyl sites for hydroxylation is 1. The van der Waals surface area contributed by atoms with Crippen molar-refractivity contribution in [2.45, 2.75) is 32.2 Å². The van der Waals surface area contributed by atoms with Gasteiger partial charge in [0.15, 0.2) is 0 Å². The summed E-state index contributed by atoms with van der Waals surface area (Å²) in [6.07, 6.45) is 3.21. The molecule has 0 aromatic heterocycles. The fourth-order valence-electron chi connectivity index (χ4n) is 2.54. The van der Waals surface area contributed by atoms with Gasteiger partial charge in [0.05, 0.1) is 17.5 Å². The van der Waals surface area contributed by atoms with Crippen LogP contribution in [0, 0.1) is 23.7 Å². The number of hydrogen-bond donors (Lipinski definition) is 1. The predicted molar refractivity (Wildman–Crippen MR) is 64.9 cm³/mol. The lowest BCUT2D eigenvalue weighted by Gasteiger charge is -2.42. The molecule has 1 unspecified atom stereocenters. The monoisotopic (exact) mass is 214 g/mol. The summed E-state index contributed by atoms with van der Waals surface area (Å²) in [6.45, 7) is 2.08. The average Bonchev–Trinajstić information content (AvgIpc) is 2.25. The van der Waals surface area contributed by atoms with Crippen LogP contribution in [0.4, 0.5) is 0 Å². The molecule has 0 bridgehead atoms. The molecule has 0 heterocycles. The Morgan fingerprint density at radius 2 is 1.94 bits per heavy atom. The molecule has 1 aromatic rings. The second-order valence-corrected chi connectivity index (χ2v) is 4.75. The molecule has 0 aliphatic heterocycles. The normalized spacial score (nSPS) is 19.6. The lowest BCUT2D eigenvalue weighted by Crippen LogP contribution is -2.40. The Kier molecular flexibility index (Phi) is 2.98. The van der Waals surface area contributed by atoms with Crippen LogP contribution in [-0.2, 0) is 0 Å². The van der Waals surface area contributed by atoms with Gasteiger partial charge in [-0.2, -0.15) is 5.26 Å². The lowest BCUT2D eigenvalue weighted by atomic mass is 9.63. The second kappa shape index (κ2) is 4.27. The SMILES string of the molecule is CNC(c1ccc(C)cc1)C1(C#N)CCC1. The zero-order valence-electron chi connectivity index (χ0n) is 9.96. The average molecular weight is 214 g/mol. The van der Waals surface area contributed by atoms with E-state index in [1.54, 1.807) is 0 Å². The van der Waals surface area contributed by atoms with Crippen LogP contribution < -0.4 is 5.32 Å². The highest BCUT2D eigenvalue weighted by molar-refractivity contribution is 5.29. The Balaban J connectivity index is 2.29. The van der Waals surface area contributed by atoms with Crippen molar-refractivity contribution in [2.24, 2.45) is 5.41 Å². The van der Waals surface area contributed by atoms with Gasteiger partial charge in [-0.1, -0.05) is 36.2 Å². The van der Waals surface area contributed by atoms with Gasteiger partial charge in [-0.05, 0) is 32.4 Å². The van der Waals surface area contributed by atoms with Crippen LogP contribution in [0.2, 0.25) is 0 Å². The third kappa shape index (κ3) is 1.72. The van der Waals surface area contributed by atoms with Crippen LogP contribution in [0.5, 0.6) is 0 Å². The molecular weight excluding hydrogens is 196 g/mol. The van der Waals surface area contributed by atoms with Crippen molar-refractivity contribution in [3.63, 3.8) is 0 Å². The van der Waals surface area contributed by atoms with E-state index in [1.165, 1.54) is 17.5 Å². The maximum atomic E-state index is 9.36. The number of hydrogen-bond acceptors (Lipinski definition) is 2. The Bertz CT molecular complexity index is 396. The fourth-order valence-corrected chi connectivity index (χ4v) is 2.54. The van der Waals surface area contributed by atoms with Crippen molar-refractivity contribution in [2.75, 3.05) is 7.05 Å². The molecule has 1 aliphatic rings. The standard InChI is InChI=1S/C14H18N2/c1-11-4-6-12(7-5-11)13(16-2)14(10-15)8-3-9-14/h4-7,13,16H,3,8-9H2,1-2H3. The van der Waals surface area contributed by atoms with E-state index < -0.39 is 0 Å². The molecule has 1 saturated carbocycles. The molecule has 0 radical (unpaired) electrons. The summed E-state index contributed by atoms with van der Waals surface area (Å²) in [7, 11) is 1.95. The van der Waals surface area contributed by atoms with E-state index in [1.807, 2.05) is 7.05 Å². The minimum atomic E-state index is -0.177. The molecular formula is C14H18N2. The Hall–Kier alpha value is -1.33. The predicted octanol–water partition coefficient (Wildman–Crippen LogP) is 2.95. The molecule has 84 valence electrons. The zero-order chi connectivity index (χ0) is 11.6. The van der Waals surface area contributed by atoms with Gasteiger partial charge in [-0.3, -0.25) is 0 Å². The molecule has 1 atom stereocenters. The Morgan fingerprint density at radius 1 is 1.31 bits per heavy atom. The topological polar surface area (TPSA) is 35.8 Å². The molecule has 0 saturated heterocycles. The van der Waals surface area contributed by atoms with Gasteiger partial charge < -0.3 is 5.32 Å². The summed E-state index contributed by atoms with van der Waals surface area (Å²) in [5, 5.41) is 12.7. The van der Waals surface area contributed by atoms with Crippen LogP contribution in [0.3, 0.4) is 0 Å². The minimum absolute atomic E-state index is 0.173. The van der Waals surface area contributed by atoms with E-state index in [0.717, 1.165) is 12.8 Å². The third-order valence-electron chi connectivity index (χ3n) is 3.72. The van der Waals surface area contributed by atoms with Gasteiger partial charge in [0.25, 0.3) is 0 Å². The lowest BCUT2D eigenvalue weighted by molar-refractivity contribution is 0.149. The summed E-state index contributed by atoms with van der Waals surface area (Å²) in [6, 6.07) is 11.2. The summed E-state index contributed by atoms with van der Waals surface area (Å²) in [5.41, 5.74) is 2.32. The van der Waals surface area contributed by atoms with Gasteiger partial charge in [-0.25, -0.2) is 0 Å². The molecule has 0 amide bonds. The van der Waals surface area contributed by atoms with E-state index >= 15 is 0 Å². The van der Waals surface area contributed by atoms with E-state index in [0.29, 0.717) is 0 Å². The highest BCUT2D eigenvalue weighted by Crippen LogP contribution is 2.49. The largest absolute Gasteiger partial charge is 0.312 e. The van der Waals surface area contributed by atoms with E-state index in [9.17, 15) is 5.26 Å². The molecule has 2 nitrogen and oxygen atoms in total. The number of rotatable bonds is 3. The van der Waals surface area contributed by atoms with Crippen LogP contribution in [0.25, 0.3) is 0 Å². The molecule has 0 spiro atoms. The molecule has 1 aliphatic carbocycles. The van der Waals surface area contributed by atoms with Crippen LogP contribution in [-0.4, -0.2) is 7.05 Å². The highest BCUT2D eigenvalue weighted by Gasteiger charge is 2.44. The first-order valence-electron chi connectivity index (χ1n) is 5.87. The summed E-state index contributed by atoms with van der Waals surface area (Å²) >= 11 is 0. The zero-order valence-corrected chi connectivity index (χ0v) is 9.96. The number of nitrogens with one attached hydrogen (secondary N) is 1. The van der Waals surface area contributed by atoms with Gasteiger partial charge in [0, 0.05) is 0 Å². The Morgan fingerprint density at radius 3 is 2.31 bits per heavy atom. The molecule has 1 aromatic carbocycles. The van der Waals surface area contributed by atoms with Crippen molar-refractivity contribution in [3.8, 4) is 6.07 Å². The maximum absolute atomic E-state index is 9.36. The van der Waals surface area contributed by atoms with E-state index in [4.69, 9.17) is 0 Å². The van der Waals surface area contributed by atoms with E-state index in [2.05, 4.69) is 42.6 Å². The Labute approximate surface area is 97.3 Å². The molecule has 2 heteroatoms. The van der Waals surface area contributed by atoms with Crippen molar-refractivity contribution in [1.82, 2.24) is 5.32 Å². The van der Waals surface area contributed by atoms with Gasteiger partial charge in [0.1, 0.15) is 0 Å². The molecule has 1 fully saturated rings. The quantitative estimate of drug-likeness (QED) is 0.839. The third-order valence-corrected chi connectivity index (χ3v) is 3.72. The summed E-state index contributed by atoms with van der Waals surface area (Å²) in [4.78, 5) is 0. The van der Waals surface area contributed by atoms with Gasteiger partial charge >= 0.3 is 0 Å². The van der Waals surface area contributed by atoms with Crippen molar-refractivity contribution in [1.29, 1.82) is 5.26 Å². The molecule has 1 N–H and O–H groups in total. The summed E-state index contributed by atoms with van der Waals surface area (Å²) < 4.78 is 0. The van der Waals surface area contributed by atoms with Crippen molar-refractivity contribution < 1.29 is 0 Å². The smallest absolute Gasteiger partial charge is 0.0768 e. The minimum Gasteiger partial charge on any atom is -0.312 e. The van der Waals surface area contributed by atoms with Crippen molar-refractivity contribution >= 4 is 0 Å². The number of benzene rings is 1. The van der Waals surface area contributed by atoms with Gasteiger partial charge in [0.2, 0.25) is 0 Å². The second-order valence-electron chi connectivity index (χ2n) is 4.75. The number of nitriles is 1.